The van der Waals surface area contributed by atoms with Crippen molar-refractivity contribution in [1.82, 2.24) is 0 Å². The van der Waals surface area contributed by atoms with Crippen molar-refractivity contribution in [3.8, 4) is 5.95 Å². The Hall–Kier alpha value is -1.71. The second-order valence-corrected chi connectivity index (χ2v) is 5.77. The van der Waals surface area contributed by atoms with Gasteiger partial charge in [-0.1, -0.05) is 57.6 Å². The predicted octanol–water partition coefficient (Wildman–Crippen LogP) is 5.83. The summed E-state index contributed by atoms with van der Waals surface area (Å²) in [4.78, 5) is 10.7. The third kappa shape index (κ3) is 9.82. The van der Waals surface area contributed by atoms with Gasteiger partial charge in [0.2, 0.25) is 5.76 Å². The number of allylic oxidation sites excluding steroid dienone is 2. The SMILES string of the molecule is CCC=CCCCCCCCCCCOc1ccc(C(=O)O)o1. The summed E-state index contributed by atoms with van der Waals surface area (Å²) in [5.41, 5.74) is 0. The number of hydrogen-bond donors (Lipinski definition) is 1. The highest BCUT2D eigenvalue weighted by Crippen LogP contribution is 2.16. The van der Waals surface area contributed by atoms with Crippen LogP contribution < -0.4 is 4.74 Å². The zero-order valence-corrected chi connectivity index (χ0v) is 14.3. The molecule has 1 aromatic rings. The zero-order valence-electron chi connectivity index (χ0n) is 14.3. The first kappa shape index (κ1) is 19.3. The molecule has 1 heterocycles. The maximum absolute atomic E-state index is 10.7. The van der Waals surface area contributed by atoms with E-state index in [1.807, 2.05) is 0 Å². The molecule has 0 spiro atoms. The molecule has 4 heteroatoms. The van der Waals surface area contributed by atoms with Gasteiger partial charge in [0.1, 0.15) is 0 Å². The molecule has 130 valence electrons. The molecule has 0 radical (unpaired) electrons. The van der Waals surface area contributed by atoms with Gasteiger partial charge in [-0.15, -0.1) is 0 Å². The van der Waals surface area contributed by atoms with E-state index in [1.54, 1.807) is 6.07 Å². The van der Waals surface area contributed by atoms with Crippen molar-refractivity contribution in [2.75, 3.05) is 6.61 Å². The molecule has 4 nitrogen and oxygen atoms in total. The number of carbonyl (C=O) groups is 1. The van der Waals surface area contributed by atoms with Gasteiger partial charge >= 0.3 is 5.97 Å². The molecule has 0 aliphatic heterocycles. The summed E-state index contributed by atoms with van der Waals surface area (Å²) in [6, 6.07) is 2.97. The van der Waals surface area contributed by atoms with Gasteiger partial charge in [0.25, 0.3) is 5.95 Å². The van der Waals surface area contributed by atoms with Gasteiger partial charge < -0.3 is 14.3 Å². The first-order valence-corrected chi connectivity index (χ1v) is 8.85. The smallest absolute Gasteiger partial charge is 0.371 e. The Labute approximate surface area is 139 Å². The van der Waals surface area contributed by atoms with Crippen LogP contribution in [0.1, 0.15) is 81.7 Å². The quantitative estimate of drug-likeness (QED) is 0.345. The minimum absolute atomic E-state index is 0.0785. The molecule has 0 amide bonds. The van der Waals surface area contributed by atoms with Gasteiger partial charge in [-0.3, -0.25) is 0 Å². The van der Waals surface area contributed by atoms with E-state index in [1.165, 1.54) is 51.0 Å². The summed E-state index contributed by atoms with van der Waals surface area (Å²) >= 11 is 0. The maximum atomic E-state index is 10.7. The molecular formula is C19H30O4. The summed E-state index contributed by atoms with van der Waals surface area (Å²) in [6.45, 7) is 2.75. The highest BCUT2D eigenvalue weighted by atomic mass is 16.6. The Bertz CT molecular complexity index is 448. The number of unbranched alkanes of at least 4 members (excludes halogenated alkanes) is 8. The van der Waals surface area contributed by atoms with E-state index in [0.717, 1.165) is 19.3 Å². The van der Waals surface area contributed by atoms with Crippen molar-refractivity contribution in [2.24, 2.45) is 0 Å². The monoisotopic (exact) mass is 322 g/mol. The number of carboxylic acid groups (broad SMARTS) is 1. The van der Waals surface area contributed by atoms with Gasteiger partial charge in [0.05, 0.1) is 6.61 Å². The molecule has 0 bridgehead atoms. The van der Waals surface area contributed by atoms with Gasteiger partial charge in [0, 0.05) is 6.07 Å². The lowest BCUT2D eigenvalue weighted by Gasteiger charge is -2.03. The molecule has 0 atom stereocenters. The molecule has 0 aliphatic rings. The number of ether oxygens (including phenoxy) is 1. The van der Waals surface area contributed by atoms with Gasteiger partial charge in [-0.25, -0.2) is 4.79 Å². The largest absolute Gasteiger partial charge is 0.475 e. The molecule has 23 heavy (non-hydrogen) atoms. The molecule has 1 N–H and O–H groups in total. The van der Waals surface area contributed by atoms with E-state index < -0.39 is 5.97 Å². The van der Waals surface area contributed by atoms with Crippen LogP contribution in [0.4, 0.5) is 0 Å². The van der Waals surface area contributed by atoms with Crippen LogP contribution in [-0.2, 0) is 0 Å². The van der Waals surface area contributed by atoms with Crippen molar-refractivity contribution in [2.45, 2.75) is 71.1 Å². The normalized spacial score (nSPS) is 11.2. The van der Waals surface area contributed by atoms with Crippen LogP contribution in [0.25, 0.3) is 0 Å². The lowest BCUT2D eigenvalue weighted by molar-refractivity contribution is 0.0653. The lowest BCUT2D eigenvalue weighted by Crippen LogP contribution is -1.96. The van der Waals surface area contributed by atoms with Gasteiger partial charge in [0.15, 0.2) is 0 Å². The molecule has 0 saturated carbocycles. The van der Waals surface area contributed by atoms with Gasteiger partial charge in [-0.05, 0) is 31.7 Å². The number of aromatic carboxylic acids is 1. The Balaban J connectivity index is 1.86. The molecular weight excluding hydrogens is 292 g/mol. The first-order chi connectivity index (χ1) is 11.2. The summed E-state index contributed by atoms with van der Waals surface area (Å²) in [7, 11) is 0. The van der Waals surface area contributed by atoms with E-state index in [-0.39, 0.29) is 5.76 Å². The summed E-state index contributed by atoms with van der Waals surface area (Å²) in [5.74, 6) is -0.856. The summed E-state index contributed by atoms with van der Waals surface area (Å²) in [5, 5.41) is 8.73. The van der Waals surface area contributed by atoms with Crippen molar-refractivity contribution in [1.29, 1.82) is 0 Å². The lowest BCUT2D eigenvalue weighted by atomic mass is 10.1. The number of hydrogen-bond acceptors (Lipinski definition) is 3. The fourth-order valence-corrected chi connectivity index (χ4v) is 2.39. The molecule has 0 aromatic carbocycles. The Kier molecular flexibility index (Phi) is 10.8. The summed E-state index contributed by atoms with van der Waals surface area (Å²) < 4.78 is 10.4. The minimum Gasteiger partial charge on any atom is -0.475 e. The maximum Gasteiger partial charge on any atom is 0.371 e. The molecule has 1 aromatic heterocycles. The zero-order chi connectivity index (χ0) is 16.8. The fraction of sp³-hybridized carbons (Fsp3) is 0.632. The standard InChI is InChI=1S/C19H30O4/c1-2-3-4-5-6-7-8-9-10-11-12-13-16-22-18-15-14-17(23-18)19(20)21/h3-4,14-15H,2,5-13,16H2,1H3,(H,20,21). The van der Waals surface area contributed by atoms with Crippen molar-refractivity contribution in [3.63, 3.8) is 0 Å². The first-order valence-electron chi connectivity index (χ1n) is 8.85. The average molecular weight is 322 g/mol. The van der Waals surface area contributed by atoms with Crippen molar-refractivity contribution >= 4 is 5.97 Å². The van der Waals surface area contributed by atoms with Crippen LogP contribution in [0.2, 0.25) is 0 Å². The van der Waals surface area contributed by atoms with Crippen LogP contribution in [0.15, 0.2) is 28.7 Å². The van der Waals surface area contributed by atoms with Crippen LogP contribution in [0, 0.1) is 0 Å². The molecule has 0 fully saturated rings. The molecule has 0 unspecified atom stereocenters. The van der Waals surface area contributed by atoms with E-state index >= 15 is 0 Å². The highest BCUT2D eigenvalue weighted by Gasteiger charge is 2.09. The fourth-order valence-electron chi connectivity index (χ4n) is 2.39. The Morgan fingerprint density at radius 1 is 1.04 bits per heavy atom. The molecule has 1 rings (SSSR count). The van der Waals surface area contributed by atoms with Gasteiger partial charge in [-0.2, -0.15) is 0 Å². The highest BCUT2D eigenvalue weighted by molar-refractivity contribution is 5.84. The topological polar surface area (TPSA) is 59.7 Å². The van der Waals surface area contributed by atoms with Crippen LogP contribution in [0.5, 0.6) is 5.95 Å². The minimum atomic E-state index is -1.07. The third-order valence-electron chi connectivity index (χ3n) is 3.70. The van der Waals surface area contributed by atoms with Crippen molar-refractivity contribution in [3.05, 3.63) is 30.0 Å². The van der Waals surface area contributed by atoms with E-state index in [2.05, 4.69) is 19.1 Å². The molecule has 0 saturated heterocycles. The third-order valence-corrected chi connectivity index (χ3v) is 3.70. The average Bonchev–Trinajstić information content (AvgIpc) is 3.01. The second kappa shape index (κ2) is 12.8. The van der Waals surface area contributed by atoms with Crippen LogP contribution >= 0.6 is 0 Å². The van der Waals surface area contributed by atoms with E-state index in [4.69, 9.17) is 14.3 Å². The summed E-state index contributed by atoms with van der Waals surface area (Å²) in [6.07, 6.45) is 16.8. The number of furan rings is 1. The van der Waals surface area contributed by atoms with E-state index in [9.17, 15) is 4.79 Å². The number of carboxylic acids is 1. The van der Waals surface area contributed by atoms with Crippen molar-refractivity contribution < 1.29 is 19.1 Å². The van der Waals surface area contributed by atoms with Crippen LogP contribution in [-0.4, -0.2) is 17.7 Å². The number of rotatable bonds is 14. The van der Waals surface area contributed by atoms with Crippen LogP contribution in [0.3, 0.4) is 0 Å². The Morgan fingerprint density at radius 2 is 1.70 bits per heavy atom. The Morgan fingerprint density at radius 3 is 2.30 bits per heavy atom. The molecule has 0 aliphatic carbocycles. The van der Waals surface area contributed by atoms with E-state index in [0.29, 0.717) is 12.6 Å². The predicted molar refractivity (Wildman–Crippen MR) is 92.1 cm³/mol. The second-order valence-electron chi connectivity index (χ2n) is 5.77.